The van der Waals surface area contributed by atoms with Gasteiger partial charge >= 0.3 is 0 Å². The number of hydrogen-bond donors (Lipinski definition) is 2. The van der Waals surface area contributed by atoms with Crippen LogP contribution in [0.2, 0.25) is 5.02 Å². The number of furan rings is 1. The summed E-state index contributed by atoms with van der Waals surface area (Å²) >= 11 is 6.61. The van der Waals surface area contributed by atoms with Crippen molar-refractivity contribution < 1.29 is 18.8 Å². The van der Waals surface area contributed by atoms with Gasteiger partial charge < -0.3 is 15.1 Å². The maximum absolute atomic E-state index is 14.7. The molecule has 8 heteroatoms. The summed E-state index contributed by atoms with van der Waals surface area (Å²) < 4.78 is 6.08. The van der Waals surface area contributed by atoms with E-state index in [1.165, 1.54) is 0 Å². The summed E-state index contributed by atoms with van der Waals surface area (Å²) in [6, 6.07) is 19.9. The molecule has 0 unspecified atom stereocenters. The Morgan fingerprint density at radius 2 is 1.79 bits per heavy atom. The molecule has 2 fully saturated rings. The summed E-state index contributed by atoms with van der Waals surface area (Å²) in [6.45, 7) is 2.47. The second-order valence-electron chi connectivity index (χ2n) is 11.0. The molecule has 2 spiro atoms. The number of rotatable bonds is 2. The Morgan fingerprint density at radius 1 is 1.00 bits per heavy atom. The van der Waals surface area contributed by atoms with Gasteiger partial charge in [-0.05, 0) is 67.8 Å². The van der Waals surface area contributed by atoms with E-state index in [0.29, 0.717) is 46.1 Å². The number of fused-ring (bicyclic) bond motifs is 8. The third-order valence-corrected chi connectivity index (χ3v) is 9.54. The molecule has 0 bridgehead atoms. The number of anilines is 2. The highest BCUT2D eigenvalue weighted by molar-refractivity contribution is 6.31. The molecular weight excluding hydrogens is 514 g/mol. The zero-order valence-electron chi connectivity index (χ0n) is 21.1. The maximum atomic E-state index is 14.7. The van der Waals surface area contributed by atoms with Crippen LogP contribution in [-0.4, -0.2) is 35.1 Å². The van der Waals surface area contributed by atoms with Gasteiger partial charge in [-0.15, -0.1) is 0 Å². The summed E-state index contributed by atoms with van der Waals surface area (Å²) in [7, 11) is 0. The second-order valence-corrected chi connectivity index (χ2v) is 11.4. The van der Waals surface area contributed by atoms with Gasteiger partial charge in [-0.1, -0.05) is 48.0 Å². The molecule has 4 atom stereocenters. The number of carbonyl (C=O) groups excluding carboxylic acids is 3. The Hall–Kier alpha value is -3.94. The minimum atomic E-state index is -1.53. The Bertz CT molecular complexity index is 1750. The van der Waals surface area contributed by atoms with Crippen LogP contribution in [0.3, 0.4) is 0 Å². The Balaban J connectivity index is 1.48. The molecule has 4 aliphatic rings. The fraction of sp³-hybridized carbons (Fsp3) is 0.258. The number of Topliss-reactive ketones (excluding diaryl/α,β-unsaturated/α-hetero) is 1. The third kappa shape index (κ3) is 2.55. The first-order valence-electron chi connectivity index (χ1n) is 13.2. The molecule has 7 nitrogen and oxygen atoms in total. The topological polar surface area (TPSA) is 91.7 Å². The van der Waals surface area contributed by atoms with Crippen molar-refractivity contribution in [1.82, 2.24) is 4.90 Å². The molecule has 2 amide bonds. The van der Waals surface area contributed by atoms with Gasteiger partial charge in [0.05, 0.1) is 5.92 Å². The smallest absolute Gasteiger partial charge is 0.251 e. The zero-order valence-corrected chi connectivity index (χ0v) is 21.8. The molecule has 39 heavy (non-hydrogen) atoms. The summed E-state index contributed by atoms with van der Waals surface area (Å²) in [5, 5.41) is 7.45. The van der Waals surface area contributed by atoms with E-state index in [0.717, 1.165) is 17.4 Å². The van der Waals surface area contributed by atoms with Gasteiger partial charge in [0.25, 0.3) is 5.91 Å². The molecular formula is C31H24ClN3O4. The number of nitrogens with zero attached hydrogens (tertiary/aromatic N) is 1. The molecule has 5 heterocycles. The van der Waals surface area contributed by atoms with E-state index >= 15 is 0 Å². The number of aryl methyl sites for hydroxylation is 1. The molecule has 194 valence electrons. The first-order chi connectivity index (χ1) is 18.9. The zero-order chi connectivity index (χ0) is 26.7. The number of amides is 2. The second kappa shape index (κ2) is 7.58. The van der Waals surface area contributed by atoms with Gasteiger partial charge in [-0.25, -0.2) is 0 Å². The number of para-hydroxylation sites is 2. The lowest BCUT2D eigenvalue weighted by molar-refractivity contribution is -0.137. The van der Waals surface area contributed by atoms with Crippen molar-refractivity contribution in [3.05, 3.63) is 94.2 Å². The van der Waals surface area contributed by atoms with E-state index in [9.17, 15) is 14.4 Å². The van der Waals surface area contributed by atoms with Gasteiger partial charge in [0.1, 0.15) is 16.5 Å². The summed E-state index contributed by atoms with van der Waals surface area (Å²) in [5.41, 5.74) is 1.00. The van der Waals surface area contributed by atoms with Crippen LogP contribution in [0.5, 0.6) is 0 Å². The standard InChI is InChI=1S/C31H24ClN3O4/c1-16-13-18(32)15-20-26(16)34-29(38)31(20)30(19-8-3-4-9-21(19)33-28(30)37)25(22-10-6-12-35(22)31)27(36)24-14-17-7-2-5-11-23(17)39-24/h2-5,7-9,11,13-15,22,25H,6,10,12H2,1H3,(H,33,37)(H,34,38)/t22-,25+,30+,31+/m1/s1. The molecule has 4 aliphatic heterocycles. The number of hydrogen-bond acceptors (Lipinski definition) is 5. The number of carbonyl (C=O) groups is 3. The van der Waals surface area contributed by atoms with Crippen molar-refractivity contribution in [2.75, 3.05) is 17.2 Å². The van der Waals surface area contributed by atoms with Crippen molar-refractivity contribution >= 4 is 51.5 Å². The van der Waals surface area contributed by atoms with Gasteiger partial charge in [0, 0.05) is 33.4 Å². The first kappa shape index (κ1) is 23.0. The normalized spacial score (nSPS) is 28.7. The molecule has 0 saturated carbocycles. The number of halogens is 1. The average Bonchev–Trinajstić information content (AvgIpc) is 3.71. The van der Waals surface area contributed by atoms with Crippen molar-refractivity contribution in [2.45, 2.75) is 36.8 Å². The monoisotopic (exact) mass is 537 g/mol. The van der Waals surface area contributed by atoms with Crippen molar-refractivity contribution in [3.63, 3.8) is 0 Å². The van der Waals surface area contributed by atoms with E-state index < -0.39 is 16.9 Å². The Labute approximate surface area is 229 Å². The van der Waals surface area contributed by atoms with Gasteiger partial charge in [0.2, 0.25) is 11.7 Å². The van der Waals surface area contributed by atoms with Gasteiger partial charge in [-0.2, -0.15) is 0 Å². The lowest BCUT2D eigenvalue weighted by Crippen LogP contribution is -2.62. The first-order valence-corrected chi connectivity index (χ1v) is 13.6. The van der Waals surface area contributed by atoms with E-state index in [1.54, 1.807) is 12.1 Å². The Kier molecular flexibility index (Phi) is 4.47. The van der Waals surface area contributed by atoms with Crippen LogP contribution in [0.1, 0.15) is 40.1 Å². The average molecular weight is 538 g/mol. The van der Waals surface area contributed by atoms with Crippen molar-refractivity contribution in [3.8, 4) is 0 Å². The Morgan fingerprint density at radius 3 is 2.64 bits per heavy atom. The fourth-order valence-electron chi connectivity index (χ4n) is 8.07. The largest absolute Gasteiger partial charge is 0.453 e. The van der Waals surface area contributed by atoms with Crippen LogP contribution in [0.4, 0.5) is 11.4 Å². The van der Waals surface area contributed by atoms with Crippen LogP contribution in [0.15, 0.2) is 71.1 Å². The van der Waals surface area contributed by atoms with E-state index in [2.05, 4.69) is 15.5 Å². The summed E-state index contributed by atoms with van der Waals surface area (Å²) in [5.74, 6) is -1.59. The highest BCUT2D eigenvalue weighted by Gasteiger charge is 2.81. The molecule has 1 aromatic heterocycles. The molecule has 2 N–H and O–H groups in total. The van der Waals surface area contributed by atoms with Crippen molar-refractivity contribution in [1.29, 1.82) is 0 Å². The molecule has 0 radical (unpaired) electrons. The minimum absolute atomic E-state index is 0.197. The van der Waals surface area contributed by atoms with E-state index in [-0.39, 0.29) is 29.4 Å². The van der Waals surface area contributed by atoms with Crippen LogP contribution in [-0.2, 0) is 20.5 Å². The maximum Gasteiger partial charge on any atom is 0.251 e. The lowest BCUT2D eigenvalue weighted by Gasteiger charge is -2.43. The molecule has 0 aliphatic carbocycles. The quantitative estimate of drug-likeness (QED) is 0.334. The lowest BCUT2D eigenvalue weighted by atomic mass is 9.57. The highest BCUT2D eigenvalue weighted by atomic mass is 35.5. The van der Waals surface area contributed by atoms with E-state index in [4.69, 9.17) is 16.0 Å². The van der Waals surface area contributed by atoms with Crippen LogP contribution < -0.4 is 10.6 Å². The number of ketones is 1. The third-order valence-electron chi connectivity index (χ3n) is 9.32. The molecule has 8 rings (SSSR count). The van der Waals surface area contributed by atoms with E-state index in [1.807, 2.05) is 61.5 Å². The van der Waals surface area contributed by atoms with Crippen LogP contribution in [0, 0.1) is 12.8 Å². The fourth-order valence-corrected chi connectivity index (χ4v) is 8.34. The molecule has 4 aromatic rings. The van der Waals surface area contributed by atoms with Crippen molar-refractivity contribution in [2.24, 2.45) is 5.92 Å². The summed E-state index contributed by atoms with van der Waals surface area (Å²) in [6.07, 6.45) is 1.48. The van der Waals surface area contributed by atoms with Gasteiger partial charge in [0.15, 0.2) is 5.76 Å². The SMILES string of the molecule is Cc1cc(Cl)cc2c1NC(=O)[C@@]21N2CCC[C@@H]2[C@@H](C(=O)c2cc3ccccc3o2)[C@@]12C(=O)Nc1ccccc12. The predicted octanol–water partition coefficient (Wildman–Crippen LogP) is 5.41. The molecule has 3 aromatic carbocycles. The highest BCUT2D eigenvalue weighted by Crippen LogP contribution is 2.68. The number of nitrogens with one attached hydrogen (secondary N) is 2. The molecule has 2 saturated heterocycles. The summed E-state index contributed by atoms with van der Waals surface area (Å²) in [4.78, 5) is 45.9. The van der Waals surface area contributed by atoms with Crippen LogP contribution >= 0.6 is 11.6 Å². The van der Waals surface area contributed by atoms with Crippen LogP contribution in [0.25, 0.3) is 11.0 Å². The minimum Gasteiger partial charge on any atom is -0.453 e. The predicted molar refractivity (Wildman–Crippen MR) is 147 cm³/mol. The van der Waals surface area contributed by atoms with Gasteiger partial charge in [-0.3, -0.25) is 19.3 Å². The number of benzene rings is 3.